The number of methoxy groups -OCH3 is 1. The highest BCUT2D eigenvalue weighted by atomic mass is 16.6. The molecule has 2 aromatic rings. The second kappa shape index (κ2) is 9.32. The van der Waals surface area contributed by atoms with E-state index in [1.54, 1.807) is 0 Å². The highest BCUT2D eigenvalue weighted by molar-refractivity contribution is 6.45. The molecule has 0 aromatic heterocycles. The van der Waals surface area contributed by atoms with Crippen molar-refractivity contribution in [2.24, 2.45) is 10.3 Å². The summed E-state index contributed by atoms with van der Waals surface area (Å²) in [7, 11) is 4.40. The molecule has 25 heavy (non-hydrogen) atoms. The lowest BCUT2D eigenvalue weighted by Crippen LogP contribution is -2.20. The summed E-state index contributed by atoms with van der Waals surface area (Å²) < 4.78 is 11.2. The fourth-order valence-electron chi connectivity index (χ4n) is 2.31. The van der Waals surface area contributed by atoms with Crippen LogP contribution >= 0.6 is 0 Å². The van der Waals surface area contributed by atoms with Crippen LogP contribution in [0, 0.1) is 6.92 Å². The molecule has 0 spiro atoms. The first-order valence-electron chi connectivity index (χ1n) is 7.74. The van der Waals surface area contributed by atoms with Gasteiger partial charge in [-0.1, -0.05) is 47.6 Å². The Morgan fingerprint density at radius 3 is 2.24 bits per heavy atom. The van der Waals surface area contributed by atoms with Crippen LogP contribution in [0.4, 0.5) is 0 Å². The van der Waals surface area contributed by atoms with E-state index < -0.39 is 0 Å². The van der Waals surface area contributed by atoms with E-state index in [4.69, 9.17) is 19.1 Å². The topological polar surface area (TPSA) is 61.6 Å². The predicted octanol–water partition coefficient (Wildman–Crippen LogP) is 3.53. The standard InChI is InChI=1S/C19H22N2O4/c1-14-9-5-8-12-17(14)25-13-15-10-6-7-11-16(15)18(20-23-3)19(22-2)21-24-4/h5-12H,13H2,1-4H3. The van der Waals surface area contributed by atoms with E-state index in [0.29, 0.717) is 12.3 Å². The van der Waals surface area contributed by atoms with Gasteiger partial charge in [0.1, 0.15) is 26.6 Å². The molecular formula is C19H22N2O4. The highest BCUT2D eigenvalue weighted by Gasteiger charge is 2.18. The van der Waals surface area contributed by atoms with E-state index in [-0.39, 0.29) is 5.90 Å². The molecule has 0 saturated heterocycles. The third-order valence-corrected chi connectivity index (χ3v) is 3.50. The molecule has 132 valence electrons. The van der Waals surface area contributed by atoms with E-state index >= 15 is 0 Å². The van der Waals surface area contributed by atoms with Gasteiger partial charge in [0.2, 0.25) is 0 Å². The van der Waals surface area contributed by atoms with Crippen molar-refractivity contribution in [3.63, 3.8) is 0 Å². The molecule has 0 aliphatic rings. The molecule has 0 unspecified atom stereocenters. The lowest BCUT2D eigenvalue weighted by molar-refractivity contribution is 0.198. The third kappa shape index (κ3) is 4.73. The summed E-state index contributed by atoms with van der Waals surface area (Å²) in [5, 5.41) is 7.90. The first kappa shape index (κ1) is 18.3. The van der Waals surface area contributed by atoms with Crippen LogP contribution in [-0.4, -0.2) is 32.9 Å². The SMILES string of the molecule is CON=C(OC)C(=NOC)c1ccccc1COc1ccccc1C. The van der Waals surface area contributed by atoms with E-state index in [1.807, 2.05) is 55.5 Å². The maximum atomic E-state index is 5.96. The molecule has 0 radical (unpaired) electrons. The number of oxime groups is 2. The fourth-order valence-corrected chi connectivity index (χ4v) is 2.31. The Balaban J connectivity index is 2.34. The van der Waals surface area contributed by atoms with E-state index in [1.165, 1.54) is 21.3 Å². The zero-order valence-electron chi connectivity index (χ0n) is 14.9. The molecule has 0 atom stereocenters. The van der Waals surface area contributed by atoms with E-state index in [0.717, 1.165) is 22.4 Å². The molecule has 0 aliphatic carbocycles. The number of aryl methyl sites for hydroxylation is 1. The van der Waals surface area contributed by atoms with Crippen LogP contribution in [0.2, 0.25) is 0 Å². The first-order valence-corrected chi connectivity index (χ1v) is 7.74. The zero-order chi connectivity index (χ0) is 18.1. The van der Waals surface area contributed by atoms with Gasteiger partial charge in [-0.3, -0.25) is 0 Å². The summed E-state index contributed by atoms with van der Waals surface area (Å²) in [4.78, 5) is 9.78. The molecular weight excluding hydrogens is 320 g/mol. The number of benzene rings is 2. The van der Waals surface area contributed by atoms with Crippen molar-refractivity contribution in [1.82, 2.24) is 0 Å². The van der Waals surface area contributed by atoms with Crippen molar-refractivity contribution >= 4 is 11.6 Å². The van der Waals surface area contributed by atoms with Gasteiger partial charge in [0, 0.05) is 5.56 Å². The van der Waals surface area contributed by atoms with Crippen LogP contribution < -0.4 is 4.74 Å². The first-order chi connectivity index (χ1) is 12.2. The molecule has 6 nitrogen and oxygen atoms in total. The Labute approximate surface area is 147 Å². The highest BCUT2D eigenvalue weighted by Crippen LogP contribution is 2.20. The summed E-state index contributed by atoms with van der Waals surface area (Å²) in [6, 6.07) is 15.6. The molecule has 0 saturated carbocycles. The Morgan fingerprint density at radius 1 is 0.880 bits per heavy atom. The monoisotopic (exact) mass is 342 g/mol. The lowest BCUT2D eigenvalue weighted by Gasteiger charge is -2.14. The summed E-state index contributed by atoms with van der Waals surface area (Å²) in [6.07, 6.45) is 0. The van der Waals surface area contributed by atoms with Crippen molar-refractivity contribution in [2.45, 2.75) is 13.5 Å². The molecule has 2 rings (SSSR count). The van der Waals surface area contributed by atoms with Crippen molar-refractivity contribution in [1.29, 1.82) is 0 Å². The molecule has 6 heteroatoms. The van der Waals surface area contributed by atoms with Gasteiger partial charge in [-0.2, -0.15) is 0 Å². The number of hydrogen-bond donors (Lipinski definition) is 0. The van der Waals surface area contributed by atoms with Crippen molar-refractivity contribution in [3.8, 4) is 5.75 Å². The largest absolute Gasteiger partial charge is 0.489 e. The van der Waals surface area contributed by atoms with E-state index in [9.17, 15) is 0 Å². The maximum absolute atomic E-state index is 5.96. The second-order valence-corrected chi connectivity index (χ2v) is 5.12. The van der Waals surface area contributed by atoms with Crippen LogP contribution in [0.25, 0.3) is 0 Å². The molecule has 2 aromatic carbocycles. The van der Waals surface area contributed by atoms with Gasteiger partial charge in [-0.05, 0) is 29.3 Å². The Hall–Kier alpha value is -3.02. The summed E-state index contributed by atoms with van der Waals surface area (Å²) in [5.74, 6) is 1.05. The smallest absolute Gasteiger partial charge is 0.280 e. The van der Waals surface area contributed by atoms with Gasteiger partial charge in [0.25, 0.3) is 5.90 Å². The van der Waals surface area contributed by atoms with Crippen LogP contribution in [0.15, 0.2) is 58.8 Å². The van der Waals surface area contributed by atoms with Gasteiger partial charge in [-0.25, -0.2) is 0 Å². The number of nitrogens with zero attached hydrogens (tertiary/aromatic N) is 2. The minimum absolute atomic E-state index is 0.215. The number of para-hydroxylation sites is 1. The maximum Gasteiger partial charge on any atom is 0.280 e. The molecule has 0 heterocycles. The molecule has 0 aliphatic heterocycles. The average Bonchev–Trinajstić information content (AvgIpc) is 2.64. The Kier molecular flexibility index (Phi) is 6.83. The molecule has 0 bridgehead atoms. The minimum atomic E-state index is 0.215. The Bertz CT molecular complexity index is 757. The molecule has 0 amide bonds. The van der Waals surface area contributed by atoms with Crippen LogP contribution in [-0.2, 0) is 21.0 Å². The molecule has 0 fully saturated rings. The number of ether oxygens (including phenoxy) is 2. The quantitative estimate of drug-likeness (QED) is 0.439. The molecule has 0 N–H and O–H groups in total. The van der Waals surface area contributed by atoms with Crippen molar-refractivity contribution in [3.05, 3.63) is 65.2 Å². The summed E-state index contributed by atoms with van der Waals surface area (Å²) >= 11 is 0. The predicted molar refractivity (Wildman–Crippen MR) is 97.0 cm³/mol. The second-order valence-electron chi connectivity index (χ2n) is 5.12. The van der Waals surface area contributed by atoms with Crippen LogP contribution in [0.3, 0.4) is 0 Å². The lowest BCUT2D eigenvalue weighted by atomic mass is 10.0. The number of rotatable bonds is 7. The van der Waals surface area contributed by atoms with Crippen molar-refractivity contribution in [2.75, 3.05) is 21.3 Å². The zero-order valence-corrected chi connectivity index (χ0v) is 14.9. The summed E-state index contributed by atoms with van der Waals surface area (Å²) in [6.45, 7) is 2.38. The normalized spacial score (nSPS) is 11.8. The van der Waals surface area contributed by atoms with Gasteiger partial charge in [-0.15, -0.1) is 0 Å². The van der Waals surface area contributed by atoms with Gasteiger partial charge >= 0.3 is 0 Å². The van der Waals surface area contributed by atoms with Crippen LogP contribution in [0.1, 0.15) is 16.7 Å². The number of hydrogen-bond acceptors (Lipinski definition) is 6. The van der Waals surface area contributed by atoms with Gasteiger partial charge in [0.15, 0.2) is 5.71 Å². The third-order valence-electron chi connectivity index (χ3n) is 3.50. The van der Waals surface area contributed by atoms with E-state index in [2.05, 4.69) is 10.3 Å². The van der Waals surface area contributed by atoms with Gasteiger partial charge in [0.05, 0.1) is 7.11 Å². The Morgan fingerprint density at radius 2 is 1.56 bits per heavy atom. The fraction of sp³-hybridized carbons (Fsp3) is 0.263. The minimum Gasteiger partial charge on any atom is -0.489 e. The summed E-state index contributed by atoms with van der Waals surface area (Å²) in [5.41, 5.74) is 3.21. The van der Waals surface area contributed by atoms with Gasteiger partial charge < -0.3 is 19.1 Å². The van der Waals surface area contributed by atoms with Crippen molar-refractivity contribution < 1.29 is 19.1 Å². The average molecular weight is 342 g/mol. The van der Waals surface area contributed by atoms with Crippen LogP contribution in [0.5, 0.6) is 5.75 Å².